The van der Waals surface area contributed by atoms with Gasteiger partial charge in [-0.2, -0.15) is 0 Å². The maximum Gasteiger partial charge on any atom is 0.335 e. The average Bonchev–Trinajstić information content (AvgIpc) is 2.22. The van der Waals surface area contributed by atoms with Gasteiger partial charge < -0.3 is 14.6 Å². The Hall–Kier alpha value is -1.79. The molecule has 2 atom stereocenters. The lowest BCUT2D eigenvalue weighted by Gasteiger charge is -2.13. The number of ether oxygens (including phenoxy) is 2. The van der Waals surface area contributed by atoms with Gasteiger partial charge in [-0.25, -0.2) is 4.79 Å². The predicted octanol–water partition coefficient (Wildman–Crippen LogP) is -0.628. The summed E-state index contributed by atoms with van der Waals surface area (Å²) in [6, 6.07) is -1.63. The summed E-state index contributed by atoms with van der Waals surface area (Å²) in [5.41, 5.74) is 8.07. The van der Waals surface area contributed by atoms with E-state index in [0.717, 1.165) is 14.2 Å². The van der Waals surface area contributed by atoms with Gasteiger partial charge in [-0.05, 0) is 5.53 Å². The van der Waals surface area contributed by atoms with Crippen LogP contribution < -0.4 is 0 Å². The van der Waals surface area contributed by atoms with Crippen LogP contribution >= 0.6 is 0 Å². The van der Waals surface area contributed by atoms with Crippen LogP contribution in [-0.4, -0.2) is 43.4 Å². The number of methoxy groups -OCH3 is 2. The molecule has 78 valence electrons. The van der Waals surface area contributed by atoms with E-state index in [-0.39, 0.29) is 0 Å². The van der Waals surface area contributed by atoms with Crippen molar-refractivity contribution in [3.8, 4) is 0 Å². The maximum absolute atomic E-state index is 10.9. The summed E-state index contributed by atoms with van der Waals surface area (Å²) < 4.78 is 8.36. The Bertz CT molecular complexity index is 273. The van der Waals surface area contributed by atoms with Gasteiger partial charge in [0.05, 0.1) is 14.2 Å². The lowest BCUT2D eigenvalue weighted by Crippen LogP contribution is -2.39. The molecular weight excluding hydrogens is 194 g/mol. The molecule has 8 nitrogen and oxygen atoms in total. The molecule has 0 saturated carbocycles. The van der Waals surface area contributed by atoms with E-state index in [1.807, 2.05) is 0 Å². The maximum atomic E-state index is 10.9. The second-order valence-electron chi connectivity index (χ2n) is 2.14. The molecule has 8 heteroatoms. The fourth-order valence-corrected chi connectivity index (χ4v) is 0.665. The highest BCUT2D eigenvalue weighted by Gasteiger charge is 2.32. The van der Waals surface area contributed by atoms with E-state index in [1.54, 1.807) is 0 Å². The summed E-state index contributed by atoms with van der Waals surface area (Å²) in [5, 5.41) is 12.1. The topological polar surface area (TPSA) is 122 Å². The highest BCUT2D eigenvalue weighted by atomic mass is 16.5. The summed E-state index contributed by atoms with van der Waals surface area (Å²) in [4.78, 5) is 24.0. The number of carbonyl (C=O) groups is 2. The molecule has 0 radical (unpaired) electrons. The second-order valence-corrected chi connectivity index (χ2v) is 2.14. The largest absolute Gasteiger partial charge is 0.469 e. The molecule has 0 bridgehead atoms. The first-order valence-electron chi connectivity index (χ1n) is 3.46. The van der Waals surface area contributed by atoms with Gasteiger partial charge in [0.15, 0.2) is 12.1 Å². The van der Waals surface area contributed by atoms with E-state index in [0.29, 0.717) is 0 Å². The average molecular weight is 203 g/mol. The molecular formula is C6H9N3O5. The van der Waals surface area contributed by atoms with Crippen LogP contribution in [0.5, 0.6) is 0 Å². The first-order chi connectivity index (χ1) is 6.58. The van der Waals surface area contributed by atoms with Crippen molar-refractivity contribution < 1.29 is 24.2 Å². The van der Waals surface area contributed by atoms with Crippen molar-refractivity contribution in [1.82, 2.24) is 0 Å². The highest BCUT2D eigenvalue weighted by molar-refractivity contribution is 5.86. The minimum Gasteiger partial charge on any atom is -0.469 e. The van der Waals surface area contributed by atoms with Crippen LogP contribution in [0.4, 0.5) is 0 Å². The molecule has 0 aromatic carbocycles. The molecule has 0 aromatic heterocycles. The number of carbonyl (C=O) groups excluding carboxylic acids is 2. The number of esters is 2. The van der Waals surface area contributed by atoms with Crippen molar-refractivity contribution in [2.24, 2.45) is 5.11 Å². The van der Waals surface area contributed by atoms with Crippen LogP contribution in [0.2, 0.25) is 0 Å². The minimum atomic E-state index is -1.86. The molecule has 0 saturated heterocycles. The zero-order valence-corrected chi connectivity index (χ0v) is 7.58. The summed E-state index contributed by atoms with van der Waals surface area (Å²) in [6.45, 7) is 0. The minimum absolute atomic E-state index is 1.01. The monoisotopic (exact) mass is 203 g/mol. The lowest BCUT2D eigenvalue weighted by molar-refractivity contribution is -0.158. The molecule has 0 heterocycles. The van der Waals surface area contributed by atoms with E-state index in [9.17, 15) is 9.59 Å². The summed E-state index contributed by atoms with van der Waals surface area (Å²) in [7, 11) is 2.06. The Morgan fingerprint density at radius 3 is 2.21 bits per heavy atom. The van der Waals surface area contributed by atoms with Crippen LogP contribution in [0.15, 0.2) is 5.11 Å². The Balaban J connectivity index is 4.73. The molecule has 0 aromatic rings. The van der Waals surface area contributed by atoms with E-state index < -0.39 is 24.1 Å². The molecule has 1 N–H and O–H groups in total. The third-order valence-electron chi connectivity index (χ3n) is 1.36. The standard InChI is InChI=1S/C6H9N3O5/c1-13-5(11)3(8-9-7)4(10)6(12)14-2/h3-4,10H,1-2H3/t3-,4+/m1/s1. The number of aliphatic hydroxyl groups is 1. The van der Waals surface area contributed by atoms with Crippen molar-refractivity contribution in [3.63, 3.8) is 0 Å². The van der Waals surface area contributed by atoms with Gasteiger partial charge in [0.2, 0.25) is 0 Å². The number of hydrogen-bond donors (Lipinski definition) is 1. The van der Waals surface area contributed by atoms with Crippen molar-refractivity contribution in [1.29, 1.82) is 0 Å². The van der Waals surface area contributed by atoms with Crippen molar-refractivity contribution in [2.45, 2.75) is 12.1 Å². The van der Waals surface area contributed by atoms with Gasteiger partial charge >= 0.3 is 11.9 Å². The van der Waals surface area contributed by atoms with E-state index in [4.69, 9.17) is 10.6 Å². The molecule has 0 amide bonds. The number of aliphatic hydroxyl groups excluding tert-OH is 1. The number of hydrogen-bond acceptors (Lipinski definition) is 6. The molecule has 0 aliphatic carbocycles. The number of rotatable bonds is 4. The number of nitrogens with zero attached hydrogens (tertiary/aromatic N) is 3. The zero-order valence-electron chi connectivity index (χ0n) is 7.58. The van der Waals surface area contributed by atoms with Crippen molar-refractivity contribution >= 4 is 11.9 Å². The number of azide groups is 1. The highest BCUT2D eigenvalue weighted by Crippen LogP contribution is 2.04. The first-order valence-corrected chi connectivity index (χ1v) is 3.46. The second kappa shape index (κ2) is 5.79. The Kier molecular flexibility index (Phi) is 5.05. The van der Waals surface area contributed by atoms with Gasteiger partial charge in [0.25, 0.3) is 0 Å². The fraction of sp³-hybridized carbons (Fsp3) is 0.667. The quantitative estimate of drug-likeness (QED) is 0.282. The molecule has 0 rings (SSSR count). The van der Waals surface area contributed by atoms with Crippen molar-refractivity contribution in [2.75, 3.05) is 14.2 Å². The molecule has 0 fully saturated rings. The fourth-order valence-electron chi connectivity index (χ4n) is 0.665. The van der Waals surface area contributed by atoms with Crippen LogP contribution in [0.25, 0.3) is 10.4 Å². The van der Waals surface area contributed by atoms with Crippen LogP contribution in [-0.2, 0) is 19.1 Å². The van der Waals surface area contributed by atoms with E-state index >= 15 is 0 Å². The summed E-state index contributed by atoms with van der Waals surface area (Å²) >= 11 is 0. The third-order valence-corrected chi connectivity index (χ3v) is 1.36. The predicted molar refractivity (Wildman–Crippen MR) is 43.0 cm³/mol. The molecule has 0 spiro atoms. The van der Waals surface area contributed by atoms with Gasteiger partial charge in [-0.1, -0.05) is 5.11 Å². The van der Waals surface area contributed by atoms with Crippen LogP contribution in [0, 0.1) is 0 Å². The lowest BCUT2D eigenvalue weighted by atomic mass is 10.2. The molecule has 14 heavy (non-hydrogen) atoms. The van der Waals surface area contributed by atoms with E-state index in [2.05, 4.69) is 19.5 Å². The zero-order chi connectivity index (χ0) is 11.1. The summed E-state index contributed by atoms with van der Waals surface area (Å²) in [5.74, 6) is -2.09. The molecule has 0 aliphatic rings. The Morgan fingerprint density at radius 1 is 1.36 bits per heavy atom. The van der Waals surface area contributed by atoms with E-state index in [1.165, 1.54) is 0 Å². The van der Waals surface area contributed by atoms with Crippen LogP contribution in [0.1, 0.15) is 0 Å². The normalized spacial score (nSPS) is 13.4. The van der Waals surface area contributed by atoms with Gasteiger partial charge in [0.1, 0.15) is 0 Å². The Labute approximate surface area is 79.0 Å². The summed E-state index contributed by atoms with van der Waals surface area (Å²) in [6.07, 6.45) is -1.86. The first kappa shape index (κ1) is 12.2. The van der Waals surface area contributed by atoms with Gasteiger partial charge in [-0.3, -0.25) is 4.79 Å². The molecule has 0 aliphatic heterocycles. The molecule has 0 unspecified atom stereocenters. The smallest absolute Gasteiger partial charge is 0.335 e. The van der Waals surface area contributed by atoms with Gasteiger partial charge in [-0.15, -0.1) is 0 Å². The van der Waals surface area contributed by atoms with Gasteiger partial charge in [0, 0.05) is 4.91 Å². The SMILES string of the molecule is COC(=O)[C@@H](O)[C@@H](N=[N+]=[N-])C(=O)OC. The Morgan fingerprint density at radius 2 is 1.86 bits per heavy atom. The van der Waals surface area contributed by atoms with Crippen molar-refractivity contribution in [3.05, 3.63) is 10.4 Å². The third kappa shape index (κ3) is 2.92. The van der Waals surface area contributed by atoms with Crippen LogP contribution in [0.3, 0.4) is 0 Å².